The van der Waals surface area contributed by atoms with Crippen molar-refractivity contribution in [2.75, 3.05) is 31.1 Å². The molecule has 0 N–H and O–H groups in total. The lowest BCUT2D eigenvalue weighted by Crippen LogP contribution is -2.49. The van der Waals surface area contributed by atoms with E-state index in [0.29, 0.717) is 48.3 Å². The number of nitrogens with zero attached hydrogens (tertiary/aromatic N) is 4. The second-order valence-electron chi connectivity index (χ2n) is 7.10. The number of pyridine rings is 2. The van der Waals surface area contributed by atoms with E-state index >= 15 is 0 Å². The normalized spacial score (nSPS) is 14.1. The zero-order valence-corrected chi connectivity index (χ0v) is 17.7. The quantitative estimate of drug-likeness (QED) is 0.619. The number of aromatic nitrogens is 2. The summed E-state index contributed by atoms with van der Waals surface area (Å²) in [5, 5.41) is 0.891. The number of hydrogen-bond acceptors (Lipinski definition) is 4. The van der Waals surface area contributed by atoms with Crippen LogP contribution in [0.4, 0.5) is 5.82 Å². The van der Waals surface area contributed by atoms with Gasteiger partial charge in [-0.15, -0.1) is 0 Å². The zero-order valence-electron chi connectivity index (χ0n) is 16.2. The Bertz CT molecular complexity index is 1110. The van der Waals surface area contributed by atoms with Crippen LogP contribution >= 0.6 is 23.2 Å². The Morgan fingerprint density at radius 2 is 1.77 bits per heavy atom. The predicted octanol–water partition coefficient (Wildman–Crippen LogP) is 3.56. The van der Waals surface area contributed by atoms with E-state index in [0.717, 1.165) is 11.4 Å². The van der Waals surface area contributed by atoms with Crippen molar-refractivity contribution >= 4 is 34.9 Å². The van der Waals surface area contributed by atoms with Gasteiger partial charge in [0.2, 0.25) is 0 Å². The molecule has 2 aromatic heterocycles. The van der Waals surface area contributed by atoms with Gasteiger partial charge in [0.15, 0.2) is 0 Å². The summed E-state index contributed by atoms with van der Waals surface area (Å²) >= 11 is 12.0. The number of halogens is 2. The van der Waals surface area contributed by atoms with Crippen molar-refractivity contribution < 1.29 is 4.79 Å². The minimum atomic E-state index is -0.183. The molecule has 1 aliphatic heterocycles. The van der Waals surface area contributed by atoms with Gasteiger partial charge in [-0.2, -0.15) is 0 Å². The van der Waals surface area contributed by atoms with E-state index in [2.05, 4.69) is 9.88 Å². The maximum atomic E-state index is 13.0. The summed E-state index contributed by atoms with van der Waals surface area (Å²) in [7, 11) is 0. The van der Waals surface area contributed by atoms with Gasteiger partial charge < -0.3 is 14.4 Å². The van der Waals surface area contributed by atoms with Gasteiger partial charge in [0.1, 0.15) is 5.82 Å². The molecule has 0 bridgehead atoms. The van der Waals surface area contributed by atoms with Crippen molar-refractivity contribution in [3.63, 3.8) is 0 Å². The molecule has 8 heteroatoms. The number of piperazine rings is 1. The summed E-state index contributed by atoms with van der Waals surface area (Å²) < 4.78 is 1.51. The van der Waals surface area contributed by atoms with Gasteiger partial charge in [-0.25, -0.2) is 4.98 Å². The molecule has 0 spiro atoms. The molecule has 0 radical (unpaired) electrons. The molecule has 1 amide bonds. The van der Waals surface area contributed by atoms with Gasteiger partial charge in [0.25, 0.3) is 11.5 Å². The SMILES string of the molecule is O=C(c1ccc(=O)n(Cc2ccc(Cl)c(Cl)c2)c1)N1CCN(c2ccccn2)CC1. The Morgan fingerprint density at radius 3 is 2.47 bits per heavy atom. The Labute approximate surface area is 184 Å². The molecule has 1 aliphatic rings. The van der Waals surface area contributed by atoms with Crippen LogP contribution < -0.4 is 10.5 Å². The molecule has 30 heavy (non-hydrogen) atoms. The molecule has 3 heterocycles. The molecule has 3 aromatic rings. The first kappa shape index (κ1) is 20.4. The highest BCUT2D eigenvalue weighted by molar-refractivity contribution is 6.42. The van der Waals surface area contributed by atoms with Crippen LogP contribution in [-0.2, 0) is 6.54 Å². The van der Waals surface area contributed by atoms with Gasteiger partial charge >= 0.3 is 0 Å². The molecular formula is C22H20Cl2N4O2. The topological polar surface area (TPSA) is 58.4 Å². The first-order valence-electron chi connectivity index (χ1n) is 9.61. The van der Waals surface area contributed by atoms with E-state index in [4.69, 9.17) is 23.2 Å². The largest absolute Gasteiger partial charge is 0.353 e. The molecule has 1 aromatic carbocycles. The van der Waals surface area contributed by atoms with Crippen LogP contribution in [0.25, 0.3) is 0 Å². The third kappa shape index (κ3) is 4.50. The van der Waals surface area contributed by atoms with Gasteiger partial charge in [-0.3, -0.25) is 9.59 Å². The number of rotatable bonds is 4. The monoisotopic (exact) mass is 442 g/mol. The van der Waals surface area contributed by atoms with Gasteiger partial charge in [0, 0.05) is 44.6 Å². The van der Waals surface area contributed by atoms with Crippen molar-refractivity contribution in [3.05, 3.63) is 92.5 Å². The number of carbonyl (C=O) groups is 1. The molecule has 154 valence electrons. The Balaban J connectivity index is 1.46. The fourth-order valence-corrected chi connectivity index (χ4v) is 3.80. The average Bonchev–Trinajstić information content (AvgIpc) is 2.78. The lowest BCUT2D eigenvalue weighted by Gasteiger charge is -2.35. The standard InChI is InChI=1S/C22H20Cl2N4O2/c23-18-6-4-16(13-19(18)24)14-28-15-17(5-7-21(28)29)22(30)27-11-9-26(10-12-27)20-3-1-2-8-25-20/h1-8,13,15H,9-12,14H2. The highest BCUT2D eigenvalue weighted by Gasteiger charge is 2.23. The van der Waals surface area contributed by atoms with E-state index in [1.165, 1.54) is 10.6 Å². The number of carbonyl (C=O) groups excluding carboxylic acids is 1. The predicted molar refractivity (Wildman–Crippen MR) is 119 cm³/mol. The molecule has 6 nitrogen and oxygen atoms in total. The van der Waals surface area contributed by atoms with Crippen LogP contribution in [0, 0.1) is 0 Å². The Morgan fingerprint density at radius 1 is 0.967 bits per heavy atom. The molecule has 0 saturated carbocycles. The maximum absolute atomic E-state index is 13.0. The second kappa shape index (κ2) is 8.90. The minimum absolute atomic E-state index is 0.0847. The van der Waals surface area contributed by atoms with Crippen LogP contribution in [0.3, 0.4) is 0 Å². The summed E-state index contributed by atoms with van der Waals surface area (Å²) in [5.41, 5.74) is 1.14. The molecule has 1 saturated heterocycles. The summed E-state index contributed by atoms with van der Waals surface area (Å²) in [4.78, 5) is 33.6. The second-order valence-corrected chi connectivity index (χ2v) is 7.91. The van der Waals surface area contributed by atoms with Crippen molar-refractivity contribution in [2.45, 2.75) is 6.54 Å². The molecular weight excluding hydrogens is 423 g/mol. The van der Waals surface area contributed by atoms with Gasteiger partial charge in [0.05, 0.1) is 22.2 Å². The lowest BCUT2D eigenvalue weighted by molar-refractivity contribution is 0.0745. The fourth-order valence-electron chi connectivity index (χ4n) is 3.48. The fraction of sp³-hybridized carbons (Fsp3) is 0.227. The Kier molecular flexibility index (Phi) is 6.06. The highest BCUT2D eigenvalue weighted by Crippen LogP contribution is 2.23. The van der Waals surface area contributed by atoms with E-state index in [1.54, 1.807) is 30.6 Å². The molecule has 1 fully saturated rings. The van der Waals surface area contributed by atoms with Gasteiger partial charge in [-0.1, -0.05) is 35.3 Å². The van der Waals surface area contributed by atoms with E-state index in [1.807, 2.05) is 29.2 Å². The van der Waals surface area contributed by atoms with Gasteiger partial charge in [-0.05, 0) is 35.9 Å². The van der Waals surface area contributed by atoms with E-state index in [9.17, 15) is 9.59 Å². The molecule has 4 rings (SSSR count). The summed E-state index contributed by atoms with van der Waals surface area (Å²) in [6.45, 7) is 2.93. The third-order valence-corrected chi connectivity index (χ3v) is 5.85. The van der Waals surface area contributed by atoms with Crippen LogP contribution in [0.5, 0.6) is 0 Å². The third-order valence-electron chi connectivity index (χ3n) is 5.11. The maximum Gasteiger partial charge on any atom is 0.255 e. The number of benzene rings is 1. The number of anilines is 1. The zero-order chi connectivity index (χ0) is 21.1. The van der Waals surface area contributed by atoms with Crippen LogP contribution in [-0.4, -0.2) is 46.5 Å². The molecule has 0 aliphatic carbocycles. The highest BCUT2D eigenvalue weighted by atomic mass is 35.5. The number of hydrogen-bond donors (Lipinski definition) is 0. The van der Waals surface area contributed by atoms with E-state index in [-0.39, 0.29) is 11.5 Å². The summed E-state index contributed by atoms with van der Waals surface area (Å²) in [6.07, 6.45) is 3.38. The first-order valence-corrected chi connectivity index (χ1v) is 10.4. The lowest BCUT2D eigenvalue weighted by atomic mass is 10.2. The van der Waals surface area contributed by atoms with Crippen LogP contribution in [0.2, 0.25) is 10.0 Å². The smallest absolute Gasteiger partial charge is 0.255 e. The van der Waals surface area contributed by atoms with Crippen molar-refractivity contribution in [3.8, 4) is 0 Å². The van der Waals surface area contributed by atoms with Crippen molar-refractivity contribution in [1.29, 1.82) is 0 Å². The molecule has 0 unspecified atom stereocenters. The number of amides is 1. The summed E-state index contributed by atoms with van der Waals surface area (Å²) in [6, 6.07) is 14.0. The van der Waals surface area contributed by atoms with Crippen LogP contribution in [0.1, 0.15) is 15.9 Å². The summed E-state index contributed by atoms with van der Waals surface area (Å²) in [5.74, 6) is 0.832. The average molecular weight is 443 g/mol. The molecule has 0 atom stereocenters. The Hall–Kier alpha value is -2.83. The van der Waals surface area contributed by atoms with Crippen molar-refractivity contribution in [2.24, 2.45) is 0 Å². The van der Waals surface area contributed by atoms with Crippen LogP contribution in [0.15, 0.2) is 65.7 Å². The minimum Gasteiger partial charge on any atom is -0.353 e. The first-order chi connectivity index (χ1) is 14.5. The van der Waals surface area contributed by atoms with Crippen molar-refractivity contribution in [1.82, 2.24) is 14.5 Å². The van der Waals surface area contributed by atoms with E-state index < -0.39 is 0 Å².